The fourth-order valence-corrected chi connectivity index (χ4v) is 4.25. The van der Waals surface area contributed by atoms with Gasteiger partial charge < -0.3 is 25.2 Å². The maximum atomic E-state index is 13.2. The van der Waals surface area contributed by atoms with Gasteiger partial charge in [-0.3, -0.25) is 9.59 Å². The summed E-state index contributed by atoms with van der Waals surface area (Å²) < 4.78 is 5.16. The first-order chi connectivity index (χ1) is 13.2. The Morgan fingerprint density at radius 2 is 1.57 bits per heavy atom. The van der Waals surface area contributed by atoms with Crippen molar-refractivity contribution in [2.45, 2.75) is 38.2 Å². The van der Waals surface area contributed by atoms with E-state index >= 15 is 0 Å². The van der Waals surface area contributed by atoms with Crippen LogP contribution in [0.5, 0.6) is 23.0 Å². The Balaban J connectivity index is 2.03. The van der Waals surface area contributed by atoms with Crippen molar-refractivity contribution >= 4 is 11.6 Å². The van der Waals surface area contributed by atoms with Gasteiger partial charge in [0.15, 0.2) is 0 Å². The maximum Gasteiger partial charge on any atom is 0.202 e. The zero-order valence-electron chi connectivity index (χ0n) is 15.5. The predicted octanol–water partition coefficient (Wildman–Crippen LogP) is 2.22. The molecule has 0 amide bonds. The lowest BCUT2D eigenvalue weighted by molar-refractivity contribution is 0.0216. The number of hydrogen-bond donors (Lipinski definition) is 4. The number of hydrogen-bond acceptors (Lipinski definition) is 7. The van der Waals surface area contributed by atoms with E-state index in [2.05, 4.69) is 0 Å². The molecule has 0 saturated heterocycles. The first-order valence-corrected chi connectivity index (χ1v) is 9.05. The average molecular weight is 384 g/mol. The van der Waals surface area contributed by atoms with Crippen LogP contribution in [0.1, 0.15) is 62.7 Å². The molecule has 7 nitrogen and oxygen atoms in total. The van der Waals surface area contributed by atoms with Crippen LogP contribution < -0.4 is 4.74 Å². The van der Waals surface area contributed by atoms with Gasteiger partial charge >= 0.3 is 0 Å². The van der Waals surface area contributed by atoms with Crippen LogP contribution in [0.25, 0.3) is 0 Å². The third-order valence-corrected chi connectivity index (χ3v) is 5.94. The molecule has 0 spiro atoms. The molecule has 4 rings (SSSR count). The van der Waals surface area contributed by atoms with Gasteiger partial charge in [-0.15, -0.1) is 0 Å². The smallest absolute Gasteiger partial charge is 0.202 e. The van der Waals surface area contributed by atoms with Crippen LogP contribution in [0.4, 0.5) is 0 Å². The van der Waals surface area contributed by atoms with Crippen LogP contribution in [-0.2, 0) is 12.8 Å². The number of aliphatic hydroxyl groups is 1. The van der Waals surface area contributed by atoms with Gasteiger partial charge in [-0.25, -0.2) is 0 Å². The minimum Gasteiger partial charge on any atom is -0.507 e. The number of benzene rings is 2. The highest BCUT2D eigenvalue weighted by Crippen LogP contribution is 2.49. The molecule has 0 heterocycles. The molecule has 0 aliphatic heterocycles. The van der Waals surface area contributed by atoms with E-state index in [0.29, 0.717) is 18.4 Å². The Morgan fingerprint density at radius 3 is 2.18 bits per heavy atom. The van der Waals surface area contributed by atoms with Gasteiger partial charge in [0.05, 0.1) is 35.0 Å². The quantitative estimate of drug-likeness (QED) is 0.499. The van der Waals surface area contributed by atoms with Crippen LogP contribution in [0.2, 0.25) is 0 Å². The van der Waals surface area contributed by atoms with E-state index in [1.807, 2.05) is 6.92 Å². The van der Waals surface area contributed by atoms with Gasteiger partial charge in [0.1, 0.15) is 23.0 Å². The molecule has 0 fully saturated rings. The Kier molecular flexibility index (Phi) is 3.90. The molecule has 4 N–H and O–H groups in total. The second-order valence-electron chi connectivity index (χ2n) is 7.35. The first-order valence-electron chi connectivity index (χ1n) is 9.05. The molecule has 2 aromatic carbocycles. The summed E-state index contributed by atoms with van der Waals surface area (Å²) in [5.41, 5.74) is -1.49. The Hall–Kier alpha value is -3.06. The average Bonchev–Trinajstić information content (AvgIpc) is 2.68. The normalized spacial score (nSPS) is 20.4. The summed E-state index contributed by atoms with van der Waals surface area (Å²) in [6.45, 7) is 1.82. The Morgan fingerprint density at radius 1 is 0.964 bits per heavy atom. The summed E-state index contributed by atoms with van der Waals surface area (Å²) in [6.07, 6.45) is 1.13. The monoisotopic (exact) mass is 384 g/mol. The lowest BCUT2D eigenvalue weighted by atomic mass is 9.73. The Bertz CT molecular complexity index is 1050. The molecule has 7 heteroatoms. The van der Waals surface area contributed by atoms with Crippen molar-refractivity contribution in [2.75, 3.05) is 7.11 Å². The summed E-state index contributed by atoms with van der Waals surface area (Å²) in [5.74, 6) is -2.60. The molecular weight excluding hydrogens is 364 g/mol. The maximum absolute atomic E-state index is 13.2. The van der Waals surface area contributed by atoms with E-state index in [4.69, 9.17) is 4.74 Å². The van der Waals surface area contributed by atoms with Crippen LogP contribution in [0.15, 0.2) is 12.1 Å². The fourth-order valence-electron chi connectivity index (χ4n) is 4.25. The molecule has 146 valence electrons. The van der Waals surface area contributed by atoms with Crippen molar-refractivity contribution < 1.29 is 34.8 Å². The number of fused-ring (bicyclic) bond motifs is 3. The van der Waals surface area contributed by atoms with Crippen LogP contribution in [0.3, 0.4) is 0 Å². The lowest BCUT2D eigenvalue weighted by Gasteiger charge is -2.35. The van der Waals surface area contributed by atoms with Gasteiger partial charge in [0.25, 0.3) is 0 Å². The highest BCUT2D eigenvalue weighted by Gasteiger charge is 2.43. The molecule has 2 aliphatic carbocycles. The summed E-state index contributed by atoms with van der Waals surface area (Å²) in [5, 5.41) is 42.5. The van der Waals surface area contributed by atoms with Crippen LogP contribution in [0, 0.1) is 0 Å². The predicted molar refractivity (Wildman–Crippen MR) is 98.6 cm³/mol. The van der Waals surface area contributed by atoms with Gasteiger partial charge in [-0.05, 0) is 31.4 Å². The number of rotatable bonds is 2. The number of phenols is 3. The SMILES string of the molecule is CCC1(O)CCc2c(O)c3c(c(O)c2C1)C(=O)c1c(O)ccc(OC)c1C3=O. The molecule has 28 heavy (non-hydrogen) atoms. The van der Waals surface area contributed by atoms with Crippen molar-refractivity contribution in [3.8, 4) is 23.0 Å². The van der Waals surface area contributed by atoms with Crippen molar-refractivity contribution in [1.82, 2.24) is 0 Å². The van der Waals surface area contributed by atoms with Crippen molar-refractivity contribution in [1.29, 1.82) is 0 Å². The zero-order chi connectivity index (χ0) is 20.4. The summed E-state index contributed by atoms with van der Waals surface area (Å²) in [4.78, 5) is 26.3. The highest BCUT2D eigenvalue weighted by atomic mass is 16.5. The largest absolute Gasteiger partial charge is 0.507 e. The van der Waals surface area contributed by atoms with E-state index in [1.165, 1.54) is 19.2 Å². The second-order valence-corrected chi connectivity index (χ2v) is 7.35. The third kappa shape index (κ3) is 2.26. The van der Waals surface area contributed by atoms with E-state index in [1.54, 1.807) is 0 Å². The molecule has 0 aromatic heterocycles. The summed E-state index contributed by atoms with van der Waals surface area (Å²) >= 11 is 0. The number of phenolic OH excluding ortho intramolecular Hbond substituents is 3. The minimum absolute atomic E-state index is 0.0595. The molecule has 2 aliphatic rings. The number of methoxy groups -OCH3 is 1. The topological polar surface area (TPSA) is 124 Å². The second kappa shape index (κ2) is 5.97. The molecule has 0 bridgehead atoms. The molecule has 1 unspecified atom stereocenters. The number of carbonyl (C=O) groups excluding carboxylic acids is 2. The number of aromatic hydroxyl groups is 3. The standard InChI is InChI=1S/C21H20O7/c1-3-21(27)7-6-9-10(8-21)18(24)16-15(17(9)23)20(26)14-12(28-2)5-4-11(22)13(14)19(16)25/h4-5,22-24,27H,3,6-8H2,1-2H3. The lowest BCUT2D eigenvalue weighted by Crippen LogP contribution is -2.36. The molecule has 2 aromatic rings. The molecule has 0 saturated carbocycles. The summed E-state index contributed by atoms with van der Waals surface area (Å²) in [6, 6.07) is 2.60. The van der Waals surface area contributed by atoms with Crippen LogP contribution >= 0.6 is 0 Å². The van der Waals surface area contributed by atoms with Gasteiger partial charge in [-0.2, -0.15) is 0 Å². The van der Waals surface area contributed by atoms with Gasteiger partial charge in [0.2, 0.25) is 11.6 Å². The third-order valence-electron chi connectivity index (χ3n) is 5.94. The van der Waals surface area contributed by atoms with Crippen LogP contribution in [-0.4, -0.2) is 44.7 Å². The molecule has 0 radical (unpaired) electrons. The van der Waals surface area contributed by atoms with Crippen molar-refractivity contribution in [3.05, 3.63) is 45.5 Å². The fraction of sp³-hybridized carbons (Fsp3) is 0.333. The molecule has 1 atom stereocenters. The number of carbonyl (C=O) groups is 2. The van der Waals surface area contributed by atoms with E-state index in [9.17, 15) is 30.0 Å². The Labute approximate surface area is 160 Å². The van der Waals surface area contributed by atoms with Gasteiger partial charge in [0, 0.05) is 17.5 Å². The van der Waals surface area contributed by atoms with E-state index in [0.717, 1.165) is 0 Å². The van der Waals surface area contributed by atoms with Gasteiger partial charge in [-0.1, -0.05) is 6.92 Å². The summed E-state index contributed by atoms with van der Waals surface area (Å²) in [7, 11) is 1.33. The van der Waals surface area contributed by atoms with E-state index in [-0.39, 0.29) is 52.2 Å². The first kappa shape index (κ1) is 18.3. The highest BCUT2D eigenvalue weighted by molar-refractivity contribution is 6.32. The molecular formula is C21H20O7. The van der Waals surface area contributed by atoms with Crippen molar-refractivity contribution in [3.63, 3.8) is 0 Å². The number of ether oxygens (including phenoxy) is 1. The van der Waals surface area contributed by atoms with E-state index < -0.39 is 28.7 Å². The number of ketones is 2. The minimum atomic E-state index is -1.06. The van der Waals surface area contributed by atoms with Crippen molar-refractivity contribution in [2.24, 2.45) is 0 Å². The zero-order valence-corrected chi connectivity index (χ0v) is 15.5.